The lowest BCUT2D eigenvalue weighted by Gasteiger charge is -2.12. The molecular formula is C24H20FNO5. The molecule has 3 aromatic rings. The molecule has 0 amide bonds. The third-order valence-electron chi connectivity index (χ3n) is 4.69. The number of pyridine rings is 1. The maximum Gasteiger partial charge on any atom is 0.376 e. The Kier molecular flexibility index (Phi) is 6.45. The minimum Gasteiger partial charge on any atom is -0.507 e. The second-order valence-electron chi connectivity index (χ2n) is 7.18. The molecule has 0 saturated heterocycles. The maximum absolute atomic E-state index is 13.2. The SMILES string of the molecule is Cc1ccc(Cn2cc(Cc3ccc(F)cc3)cc(/C(O)=C/C(=O)C(=O)O)c2=O)cc1. The zero-order chi connectivity index (χ0) is 22.5. The van der Waals surface area contributed by atoms with E-state index in [4.69, 9.17) is 5.11 Å². The van der Waals surface area contributed by atoms with Crippen molar-refractivity contribution in [1.29, 1.82) is 0 Å². The van der Waals surface area contributed by atoms with Gasteiger partial charge in [-0.1, -0.05) is 42.0 Å². The summed E-state index contributed by atoms with van der Waals surface area (Å²) in [4.78, 5) is 35.2. The molecule has 0 atom stereocenters. The van der Waals surface area contributed by atoms with Gasteiger partial charge in [0, 0.05) is 12.3 Å². The van der Waals surface area contributed by atoms with Crippen LogP contribution in [-0.2, 0) is 22.6 Å². The predicted octanol–water partition coefficient (Wildman–Crippen LogP) is 3.49. The molecule has 0 bridgehead atoms. The fourth-order valence-electron chi connectivity index (χ4n) is 3.09. The van der Waals surface area contributed by atoms with Crippen LogP contribution in [-0.4, -0.2) is 26.5 Å². The van der Waals surface area contributed by atoms with Crippen LogP contribution < -0.4 is 5.56 Å². The van der Waals surface area contributed by atoms with E-state index in [1.165, 1.54) is 22.8 Å². The van der Waals surface area contributed by atoms with Gasteiger partial charge in [0.05, 0.1) is 12.1 Å². The molecule has 0 aliphatic heterocycles. The van der Waals surface area contributed by atoms with Crippen LogP contribution in [0.2, 0.25) is 0 Å². The normalized spacial score (nSPS) is 11.4. The van der Waals surface area contributed by atoms with Crippen LogP contribution in [0.4, 0.5) is 4.39 Å². The molecule has 0 radical (unpaired) electrons. The number of hydrogen-bond donors (Lipinski definition) is 2. The number of ketones is 1. The van der Waals surface area contributed by atoms with Crippen molar-refractivity contribution in [1.82, 2.24) is 4.57 Å². The lowest BCUT2D eigenvalue weighted by Crippen LogP contribution is -2.25. The van der Waals surface area contributed by atoms with Gasteiger partial charge in [-0.2, -0.15) is 0 Å². The highest BCUT2D eigenvalue weighted by Crippen LogP contribution is 2.15. The molecule has 0 aliphatic carbocycles. The lowest BCUT2D eigenvalue weighted by molar-refractivity contribution is -0.146. The molecule has 158 valence electrons. The van der Waals surface area contributed by atoms with Gasteiger partial charge in [0.15, 0.2) is 0 Å². The molecule has 0 spiro atoms. The van der Waals surface area contributed by atoms with E-state index in [9.17, 15) is 23.9 Å². The molecule has 0 aliphatic rings. The van der Waals surface area contributed by atoms with E-state index in [0.717, 1.165) is 16.7 Å². The second-order valence-corrected chi connectivity index (χ2v) is 7.18. The van der Waals surface area contributed by atoms with Gasteiger partial charge in [0.1, 0.15) is 11.6 Å². The Morgan fingerprint density at radius 3 is 2.19 bits per heavy atom. The number of carbonyl (C=O) groups excluding carboxylic acids is 1. The number of aryl methyl sites for hydroxylation is 1. The Bertz CT molecular complexity index is 1210. The third kappa shape index (κ3) is 5.54. The minimum atomic E-state index is -1.74. The fourth-order valence-corrected chi connectivity index (χ4v) is 3.09. The van der Waals surface area contributed by atoms with Crippen molar-refractivity contribution in [3.8, 4) is 0 Å². The van der Waals surface area contributed by atoms with E-state index >= 15 is 0 Å². The Labute approximate surface area is 177 Å². The van der Waals surface area contributed by atoms with Gasteiger partial charge in [-0.15, -0.1) is 0 Å². The molecule has 31 heavy (non-hydrogen) atoms. The highest BCUT2D eigenvalue weighted by Gasteiger charge is 2.16. The van der Waals surface area contributed by atoms with Gasteiger partial charge in [-0.05, 0) is 48.2 Å². The van der Waals surface area contributed by atoms with Crippen molar-refractivity contribution in [3.63, 3.8) is 0 Å². The monoisotopic (exact) mass is 421 g/mol. The van der Waals surface area contributed by atoms with Crippen LogP contribution in [0.15, 0.2) is 71.7 Å². The van der Waals surface area contributed by atoms with Crippen molar-refractivity contribution >= 4 is 17.5 Å². The van der Waals surface area contributed by atoms with Crippen LogP contribution in [0.3, 0.4) is 0 Å². The summed E-state index contributed by atoms with van der Waals surface area (Å²) in [7, 11) is 0. The van der Waals surface area contributed by atoms with Gasteiger partial charge in [-0.25, -0.2) is 9.18 Å². The summed E-state index contributed by atoms with van der Waals surface area (Å²) in [6.07, 6.45) is 2.47. The van der Waals surface area contributed by atoms with Gasteiger partial charge < -0.3 is 14.8 Å². The van der Waals surface area contributed by atoms with Crippen molar-refractivity contribution in [2.75, 3.05) is 0 Å². The number of aliphatic carboxylic acids is 1. The Morgan fingerprint density at radius 1 is 0.968 bits per heavy atom. The molecule has 0 saturated carbocycles. The summed E-state index contributed by atoms with van der Waals surface area (Å²) in [6, 6.07) is 14.8. The minimum absolute atomic E-state index is 0.193. The number of carboxylic acid groups (broad SMARTS) is 1. The van der Waals surface area contributed by atoms with Crippen LogP contribution in [0, 0.1) is 12.7 Å². The smallest absolute Gasteiger partial charge is 0.376 e. The quantitative estimate of drug-likeness (QED) is 0.346. The van der Waals surface area contributed by atoms with E-state index in [0.29, 0.717) is 18.1 Å². The van der Waals surface area contributed by atoms with Gasteiger partial charge in [0.25, 0.3) is 11.3 Å². The number of benzene rings is 2. The number of nitrogens with zero attached hydrogens (tertiary/aromatic N) is 1. The molecule has 7 heteroatoms. The number of carboxylic acids is 1. The van der Waals surface area contributed by atoms with E-state index < -0.39 is 23.1 Å². The fraction of sp³-hybridized carbons (Fsp3) is 0.125. The summed E-state index contributed by atoms with van der Waals surface area (Å²) < 4.78 is 14.6. The Morgan fingerprint density at radius 2 is 1.58 bits per heavy atom. The molecule has 1 heterocycles. The van der Waals surface area contributed by atoms with Gasteiger partial charge >= 0.3 is 5.97 Å². The predicted molar refractivity (Wildman–Crippen MR) is 113 cm³/mol. The van der Waals surface area contributed by atoms with Gasteiger partial charge in [0.2, 0.25) is 0 Å². The maximum atomic E-state index is 13.2. The molecule has 6 nitrogen and oxygen atoms in total. The van der Waals surface area contributed by atoms with Crippen molar-refractivity contribution in [2.24, 2.45) is 0 Å². The van der Waals surface area contributed by atoms with E-state index in [-0.39, 0.29) is 17.9 Å². The standard InChI is InChI=1S/C24H20FNO5/c1-15-2-4-17(5-3-15)13-26-14-18(10-16-6-8-19(25)9-7-16)11-20(23(26)29)21(27)12-22(28)24(30)31/h2-9,11-12,14,27H,10,13H2,1H3,(H,30,31)/b21-12-. The number of carbonyl (C=O) groups is 2. The number of halogens is 1. The number of aliphatic hydroxyl groups excluding tert-OH is 1. The molecule has 1 aromatic heterocycles. The second kappa shape index (κ2) is 9.21. The topological polar surface area (TPSA) is 96.6 Å². The summed E-state index contributed by atoms with van der Waals surface area (Å²) >= 11 is 0. The number of aliphatic hydroxyl groups is 1. The zero-order valence-corrected chi connectivity index (χ0v) is 16.7. The number of hydrogen-bond acceptors (Lipinski definition) is 4. The number of aromatic nitrogens is 1. The van der Waals surface area contributed by atoms with Crippen molar-refractivity contribution in [3.05, 3.63) is 111 Å². The van der Waals surface area contributed by atoms with Crippen LogP contribution >= 0.6 is 0 Å². The highest BCUT2D eigenvalue weighted by molar-refractivity contribution is 6.38. The average molecular weight is 421 g/mol. The van der Waals surface area contributed by atoms with E-state index in [1.54, 1.807) is 18.3 Å². The molecule has 0 fully saturated rings. The lowest BCUT2D eigenvalue weighted by atomic mass is 10.0. The largest absolute Gasteiger partial charge is 0.507 e. The molecule has 3 rings (SSSR count). The van der Waals surface area contributed by atoms with E-state index in [1.807, 2.05) is 31.2 Å². The first-order chi connectivity index (χ1) is 14.7. The molecule has 0 unspecified atom stereocenters. The van der Waals surface area contributed by atoms with Crippen molar-refractivity contribution in [2.45, 2.75) is 19.9 Å². The summed E-state index contributed by atoms with van der Waals surface area (Å²) in [5.74, 6) is -4.18. The first-order valence-electron chi connectivity index (χ1n) is 9.44. The summed E-state index contributed by atoms with van der Waals surface area (Å²) in [5.41, 5.74) is 2.54. The first kappa shape index (κ1) is 21.7. The highest BCUT2D eigenvalue weighted by atomic mass is 19.1. The average Bonchev–Trinajstić information content (AvgIpc) is 2.73. The van der Waals surface area contributed by atoms with Crippen LogP contribution in [0.1, 0.15) is 27.8 Å². The molecular weight excluding hydrogens is 401 g/mol. The number of rotatable bonds is 7. The molecule has 2 N–H and O–H groups in total. The third-order valence-corrected chi connectivity index (χ3v) is 4.69. The van der Waals surface area contributed by atoms with Crippen molar-refractivity contribution < 1.29 is 24.2 Å². The first-order valence-corrected chi connectivity index (χ1v) is 9.44. The van der Waals surface area contributed by atoms with Gasteiger partial charge in [-0.3, -0.25) is 9.59 Å². The Hall–Kier alpha value is -4.00. The zero-order valence-electron chi connectivity index (χ0n) is 16.7. The Balaban J connectivity index is 2.06. The summed E-state index contributed by atoms with van der Waals surface area (Å²) in [6.45, 7) is 2.16. The van der Waals surface area contributed by atoms with E-state index in [2.05, 4.69) is 0 Å². The molecule has 2 aromatic carbocycles. The summed E-state index contributed by atoms with van der Waals surface area (Å²) in [5, 5.41) is 19.1. The van der Waals surface area contributed by atoms with Crippen LogP contribution in [0.25, 0.3) is 5.76 Å². The van der Waals surface area contributed by atoms with Crippen LogP contribution in [0.5, 0.6) is 0 Å².